The van der Waals surface area contributed by atoms with Crippen LogP contribution in [0.5, 0.6) is 0 Å². The van der Waals surface area contributed by atoms with Crippen LogP contribution in [-0.4, -0.2) is 28.9 Å². The van der Waals surface area contributed by atoms with Crippen LogP contribution in [0.25, 0.3) is 0 Å². The molecule has 0 saturated carbocycles. The first-order valence-corrected chi connectivity index (χ1v) is 7.59. The van der Waals surface area contributed by atoms with Crippen LogP contribution < -0.4 is 0 Å². The quantitative estimate of drug-likeness (QED) is 0.583. The Labute approximate surface area is 139 Å². The molecule has 4 radical (unpaired) electrons. The van der Waals surface area contributed by atoms with Gasteiger partial charge in [-0.2, -0.15) is 0 Å². The molecular formula is C17H35NSn. The van der Waals surface area contributed by atoms with E-state index >= 15 is 0 Å². The smallest absolute Gasteiger partial charge is 0.0267 e. The summed E-state index contributed by atoms with van der Waals surface area (Å²) in [5.74, 6) is 0. The molecule has 0 atom stereocenters. The summed E-state index contributed by atoms with van der Waals surface area (Å²) in [6.45, 7) is 13.1. The second-order valence-electron chi connectivity index (χ2n) is 4.02. The number of unbranched alkanes of at least 4 members (excludes halogenated alkanes) is 3. The maximum absolute atomic E-state index is 3.78. The van der Waals surface area contributed by atoms with Crippen LogP contribution >= 0.6 is 0 Å². The summed E-state index contributed by atoms with van der Waals surface area (Å²) in [6.07, 6.45) is 11.4. The molecule has 0 aliphatic heterocycles. The molecule has 0 unspecified atom stereocenters. The van der Waals surface area contributed by atoms with E-state index in [0.717, 1.165) is 0 Å². The molecule has 112 valence electrons. The van der Waals surface area contributed by atoms with Crippen molar-refractivity contribution in [1.82, 2.24) is 4.98 Å². The molecule has 0 fully saturated rings. The average Bonchev–Trinajstić information content (AvgIpc) is 2.49. The minimum Gasteiger partial charge on any atom is -0.265 e. The van der Waals surface area contributed by atoms with Gasteiger partial charge in [-0.1, -0.05) is 86.1 Å². The molecule has 0 amide bonds. The normalized spacial score (nSPS) is 7.26. The van der Waals surface area contributed by atoms with Crippen molar-refractivity contribution in [3.63, 3.8) is 0 Å². The van der Waals surface area contributed by atoms with Gasteiger partial charge in [0, 0.05) is 36.3 Å². The molecule has 0 saturated heterocycles. The van der Waals surface area contributed by atoms with Crippen LogP contribution in [-0.2, 0) is 0 Å². The van der Waals surface area contributed by atoms with Gasteiger partial charge in [0.2, 0.25) is 0 Å². The van der Waals surface area contributed by atoms with E-state index in [1.807, 2.05) is 18.2 Å². The van der Waals surface area contributed by atoms with Crippen LogP contribution in [0.1, 0.15) is 80.1 Å². The third-order valence-corrected chi connectivity index (χ3v) is 2.07. The maximum Gasteiger partial charge on any atom is 0.0267 e. The van der Waals surface area contributed by atoms with Gasteiger partial charge in [0.05, 0.1) is 0 Å². The maximum atomic E-state index is 3.78. The fraction of sp³-hybridized carbons (Fsp3) is 0.706. The summed E-state index contributed by atoms with van der Waals surface area (Å²) < 4.78 is 0. The van der Waals surface area contributed by atoms with Crippen molar-refractivity contribution < 1.29 is 0 Å². The molecule has 0 bridgehead atoms. The summed E-state index contributed by atoms with van der Waals surface area (Å²) >= 11 is 0. The number of hydrogen-bond donors (Lipinski definition) is 0. The molecule has 1 aromatic rings. The largest absolute Gasteiger partial charge is 0.265 e. The first-order valence-electron chi connectivity index (χ1n) is 7.59. The first-order chi connectivity index (χ1) is 8.74. The monoisotopic (exact) mass is 373 g/mol. The van der Waals surface area contributed by atoms with Crippen molar-refractivity contribution in [2.75, 3.05) is 0 Å². The second-order valence-corrected chi connectivity index (χ2v) is 4.02. The molecule has 1 nitrogen and oxygen atoms in total. The van der Waals surface area contributed by atoms with E-state index < -0.39 is 0 Å². The standard InChI is InChI=1S/C5H5N.3C4H10.Sn/c1-2-4-6-5-3-1;3*1-3-4-2;/h1-5H;3*3-4H2,1-2H3;. The minimum atomic E-state index is 0. The Morgan fingerprint density at radius 1 is 0.526 bits per heavy atom. The minimum absolute atomic E-state index is 0. The predicted octanol–water partition coefficient (Wildman–Crippen LogP) is 6.12. The molecule has 1 aromatic heterocycles. The van der Waals surface area contributed by atoms with E-state index in [2.05, 4.69) is 46.5 Å². The second kappa shape index (κ2) is 36.1. The van der Waals surface area contributed by atoms with Crippen LogP contribution in [0.4, 0.5) is 0 Å². The number of aromatic nitrogens is 1. The molecular weight excluding hydrogens is 337 g/mol. The zero-order valence-corrected chi connectivity index (χ0v) is 16.9. The Morgan fingerprint density at radius 2 is 0.789 bits per heavy atom. The van der Waals surface area contributed by atoms with Crippen molar-refractivity contribution in [2.24, 2.45) is 0 Å². The molecule has 19 heavy (non-hydrogen) atoms. The van der Waals surface area contributed by atoms with E-state index in [1.54, 1.807) is 12.4 Å². The Morgan fingerprint density at radius 3 is 0.842 bits per heavy atom. The molecule has 1 heterocycles. The summed E-state index contributed by atoms with van der Waals surface area (Å²) in [5, 5.41) is 0. The van der Waals surface area contributed by atoms with E-state index in [0.29, 0.717) is 0 Å². The molecule has 0 N–H and O–H groups in total. The zero-order valence-electron chi connectivity index (χ0n) is 14.1. The summed E-state index contributed by atoms with van der Waals surface area (Å²) in [7, 11) is 0. The van der Waals surface area contributed by atoms with Gasteiger partial charge in [-0.25, -0.2) is 0 Å². The molecule has 0 aliphatic carbocycles. The third-order valence-electron chi connectivity index (χ3n) is 2.07. The van der Waals surface area contributed by atoms with E-state index in [9.17, 15) is 0 Å². The van der Waals surface area contributed by atoms with Gasteiger partial charge in [-0.3, -0.25) is 4.98 Å². The fourth-order valence-corrected chi connectivity index (χ4v) is 0.313. The number of hydrogen-bond acceptors (Lipinski definition) is 1. The van der Waals surface area contributed by atoms with Crippen LogP contribution in [0.15, 0.2) is 30.6 Å². The Bertz CT molecular complexity index is 136. The van der Waals surface area contributed by atoms with Crippen LogP contribution in [0.3, 0.4) is 0 Å². The number of rotatable bonds is 3. The van der Waals surface area contributed by atoms with Crippen LogP contribution in [0, 0.1) is 0 Å². The van der Waals surface area contributed by atoms with Gasteiger partial charge in [0.1, 0.15) is 0 Å². The number of nitrogens with zero attached hydrogens (tertiary/aromatic N) is 1. The third kappa shape index (κ3) is 57.0. The summed E-state index contributed by atoms with van der Waals surface area (Å²) in [4.78, 5) is 3.78. The van der Waals surface area contributed by atoms with Gasteiger partial charge >= 0.3 is 0 Å². The predicted molar refractivity (Wildman–Crippen MR) is 91.7 cm³/mol. The van der Waals surface area contributed by atoms with Crippen molar-refractivity contribution >= 4 is 23.9 Å². The Hall–Kier alpha value is -0.0513. The average molecular weight is 372 g/mol. The summed E-state index contributed by atoms with van der Waals surface area (Å²) in [6, 6.07) is 5.72. The first kappa shape index (κ1) is 27.3. The van der Waals surface area contributed by atoms with Gasteiger partial charge in [-0.05, 0) is 12.1 Å². The molecule has 2 heteroatoms. The van der Waals surface area contributed by atoms with Crippen LogP contribution in [0.2, 0.25) is 0 Å². The van der Waals surface area contributed by atoms with Crippen molar-refractivity contribution in [3.8, 4) is 0 Å². The molecule has 0 aliphatic rings. The SMILES string of the molecule is CCCC.CCCC.CCCC.[Sn].c1ccncc1. The number of pyridine rings is 1. The Balaban J connectivity index is -0.0000000796. The van der Waals surface area contributed by atoms with E-state index in [1.165, 1.54) is 38.5 Å². The zero-order chi connectivity index (χ0) is 14.5. The van der Waals surface area contributed by atoms with E-state index in [4.69, 9.17) is 0 Å². The topological polar surface area (TPSA) is 12.9 Å². The van der Waals surface area contributed by atoms with E-state index in [-0.39, 0.29) is 23.9 Å². The van der Waals surface area contributed by atoms with Crippen molar-refractivity contribution in [2.45, 2.75) is 80.1 Å². The summed E-state index contributed by atoms with van der Waals surface area (Å²) in [5.41, 5.74) is 0. The van der Waals surface area contributed by atoms with Gasteiger partial charge in [0.25, 0.3) is 0 Å². The van der Waals surface area contributed by atoms with Crippen molar-refractivity contribution in [1.29, 1.82) is 0 Å². The van der Waals surface area contributed by atoms with Gasteiger partial charge < -0.3 is 0 Å². The fourth-order valence-electron chi connectivity index (χ4n) is 0.313. The molecule has 1 rings (SSSR count). The molecule has 0 aromatic carbocycles. The van der Waals surface area contributed by atoms with Gasteiger partial charge in [0.15, 0.2) is 0 Å². The Kier molecular flexibility index (Phi) is 51.9. The van der Waals surface area contributed by atoms with Gasteiger partial charge in [-0.15, -0.1) is 0 Å². The molecule has 0 spiro atoms. The van der Waals surface area contributed by atoms with Crippen molar-refractivity contribution in [3.05, 3.63) is 30.6 Å².